The molecular weight excluding hydrogens is 275 g/mol. The van der Waals surface area contributed by atoms with Crippen LogP contribution in [0, 0.1) is 15.9 Å². The summed E-state index contributed by atoms with van der Waals surface area (Å²) in [5, 5.41) is 10.7. The van der Waals surface area contributed by atoms with E-state index >= 15 is 0 Å². The summed E-state index contributed by atoms with van der Waals surface area (Å²) in [6.07, 6.45) is 0. The average molecular weight is 288 g/mol. The van der Waals surface area contributed by atoms with Crippen LogP contribution in [0.3, 0.4) is 0 Å². The van der Waals surface area contributed by atoms with Gasteiger partial charge < -0.3 is 4.90 Å². The van der Waals surface area contributed by atoms with Crippen LogP contribution < -0.4 is 4.90 Å². The maximum absolute atomic E-state index is 13.3. The second kappa shape index (κ2) is 6.13. The zero-order valence-corrected chi connectivity index (χ0v) is 11.3. The van der Waals surface area contributed by atoms with Crippen molar-refractivity contribution >= 4 is 17.3 Å². The Labute approximate surface area is 120 Å². The Balaban J connectivity index is 2.39. The number of nitro groups is 1. The van der Waals surface area contributed by atoms with Crippen LogP contribution in [0.15, 0.2) is 48.5 Å². The van der Waals surface area contributed by atoms with Gasteiger partial charge in [0.15, 0.2) is 0 Å². The van der Waals surface area contributed by atoms with Gasteiger partial charge in [0.05, 0.1) is 4.92 Å². The van der Waals surface area contributed by atoms with Gasteiger partial charge in [0.25, 0.3) is 5.91 Å². The standard InChI is InChI=1S/C15H13FN2O3/c1-2-17(12-6-4-3-5-7-12)15(19)11-8-9-13(16)14(10-11)18(20)21/h3-10H,2H2,1H3. The van der Waals surface area contributed by atoms with Crippen molar-refractivity contribution in [1.82, 2.24) is 0 Å². The first-order chi connectivity index (χ1) is 10.0. The van der Waals surface area contributed by atoms with Crippen molar-refractivity contribution in [2.45, 2.75) is 6.92 Å². The number of carbonyl (C=O) groups excluding carboxylic acids is 1. The summed E-state index contributed by atoms with van der Waals surface area (Å²) in [4.78, 5) is 23.8. The number of halogens is 1. The van der Waals surface area contributed by atoms with E-state index in [4.69, 9.17) is 0 Å². The number of nitrogens with zero attached hydrogens (tertiary/aromatic N) is 2. The van der Waals surface area contributed by atoms with Crippen molar-refractivity contribution in [3.63, 3.8) is 0 Å². The van der Waals surface area contributed by atoms with Gasteiger partial charge in [-0.15, -0.1) is 0 Å². The molecule has 0 heterocycles. The van der Waals surface area contributed by atoms with Crippen LogP contribution >= 0.6 is 0 Å². The van der Waals surface area contributed by atoms with E-state index in [0.717, 1.165) is 12.1 Å². The zero-order valence-electron chi connectivity index (χ0n) is 11.3. The molecule has 0 saturated carbocycles. The summed E-state index contributed by atoms with van der Waals surface area (Å²) < 4.78 is 13.3. The smallest absolute Gasteiger partial charge is 0.305 e. The van der Waals surface area contributed by atoms with Crippen molar-refractivity contribution < 1.29 is 14.1 Å². The highest BCUT2D eigenvalue weighted by atomic mass is 19.1. The Hall–Kier alpha value is -2.76. The first kappa shape index (κ1) is 14.6. The fourth-order valence-corrected chi connectivity index (χ4v) is 1.99. The number of amides is 1. The minimum Gasteiger partial charge on any atom is -0.309 e. The van der Waals surface area contributed by atoms with Crippen LogP contribution in [0.25, 0.3) is 0 Å². The Morgan fingerprint density at radius 2 is 1.90 bits per heavy atom. The fraction of sp³-hybridized carbons (Fsp3) is 0.133. The predicted molar refractivity (Wildman–Crippen MR) is 76.8 cm³/mol. The van der Waals surface area contributed by atoms with E-state index in [2.05, 4.69) is 0 Å². The number of benzene rings is 2. The number of rotatable bonds is 4. The second-order valence-corrected chi connectivity index (χ2v) is 4.31. The molecule has 0 aliphatic carbocycles. The van der Waals surface area contributed by atoms with Gasteiger partial charge in [-0.25, -0.2) is 0 Å². The molecule has 0 aromatic heterocycles. The highest BCUT2D eigenvalue weighted by Crippen LogP contribution is 2.22. The van der Waals surface area contributed by atoms with E-state index < -0.39 is 22.3 Å². The van der Waals surface area contributed by atoms with E-state index in [-0.39, 0.29) is 5.56 Å². The minimum absolute atomic E-state index is 0.0776. The van der Waals surface area contributed by atoms with Crippen LogP contribution in [-0.4, -0.2) is 17.4 Å². The van der Waals surface area contributed by atoms with E-state index in [1.165, 1.54) is 11.0 Å². The van der Waals surface area contributed by atoms with E-state index in [0.29, 0.717) is 12.2 Å². The van der Waals surface area contributed by atoms with Crippen LogP contribution in [-0.2, 0) is 0 Å². The van der Waals surface area contributed by atoms with Gasteiger partial charge in [-0.2, -0.15) is 4.39 Å². The molecule has 0 aliphatic heterocycles. The lowest BCUT2D eigenvalue weighted by atomic mass is 10.1. The Morgan fingerprint density at radius 1 is 1.24 bits per heavy atom. The quantitative estimate of drug-likeness (QED) is 0.639. The largest absolute Gasteiger partial charge is 0.309 e. The summed E-state index contributed by atoms with van der Waals surface area (Å²) in [6.45, 7) is 2.19. The molecule has 0 N–H and O–H groups in total. The van der Waals surface area contributed by atoms with Crippen molar-refractivity contribution in [3.05, 3.63) is 70.0 Å². The number of hydrogen-bond donors (Lipinski definition) is 0. The molecule has 0 aliphatic rings. The Morgan fingerprint density at radius 3 is 2.48 bits per heavy atom. The Kier molecular flexibility index (Phi) is 4.27. The molecule has 0 spiro atoms. The molecule has 0 radical (unpaired) electrons. The van der Waals surface area contributed by atoms with Crippen molar-refractivity contribution in [2.75, 3.05) is 11.4 Å². The average Bonchev–Trinajstić information content (AvgIpc) is 2.49. The number of anilines is 1. The van der Waals surface area contributed by atoms with Gasteiger partial charge in [-0.1, -0.05) is 18.2 Å². The predicted octanol–water partition coefficient (Wildman–Crippen LogP) is 3.40. The van der Waals surface area contributed by atoms with Crippen LogP contribution in [0.2, 0.25) is 0 Å². The number of hydrogen-bond acceptors (Lipinski definition) is 3. The van der Waals surface area contributed by atoms with Crippen molar-refractivity contribution in [2.24, 2.45) is 0 Å². The SMILES string of the molecule is CCN(C(=O)c1ccc(F)c([N+](=O)[O-])c1)c1ccccc1. The zero-order chi connectivity index (χ0) is 15.4. The highest BCUT2D eigenvalue weighted by Gasteiger charge is 2.21. The second-order valence-electron chi connectivity index (χ2n) is 4.31. The van der Waals surface area contributed by atoms with Crippen LogP contribution in [0.5, 0.6) is 0 Å². The summed E-state index contributed by atoms with van der Waals surface area (Å²) in [7, 11) is 0. The summed E-state index contributed by atoms with van der Waals surface area (Å²) in [5.41, 5.74) is 0.0516. The lowest BCUT2D eigenvalue weighted by Gasteiger charge is -2.21. The molecule has 0 unspecified atom stereocenters. The summed E-state index contributed by atoms with van der Waals surface area (Å²) >= 11 is 0. The van der Waals surface area contributed by atoms with E-state index in [1.54, 1.807) is 31.2 Å². The molecule has 0 fully saturated rings. The molecule has 21 heavy (non-hydrogen) atoms. The molecule has 0 saturated heterocycles. The van der Waals surface area contributed by atoms with Gasteiger partial charge in [-0.05, 0) is 31.2 Å². The maximum Gasteiger partial charge on any atom is 0.305 e. The molecule has 0 atom stereocenters. The van der Waals surface area contributed by atoms with Gasteiger partial charge in [0.2, 0.25) is 5.82 Å². The lowest BCUT2D eigenvalue weighted by Crippen LogP contribution is -2.30. The van der Waals surface area contributed by atoms with Crippen LogP contribution in [0.1, 0.15) is 17.3 Å². The molecule has 5 nitrogen and oxygen atoms in total. The third-order valence-corrected chi connectivity index (χ3v) is 3.02. The summed E-state index contributed by atoms with van der Waals surface area (Å²) in [6, 6.07) is 12.1. The van der Waals surface area contributed by atoms with Crippen molar-refractivity contribution in [3.8, 4) is 0 Å². The van der Waals surface area contributed by atoms with Gasteiger partial charge in [-0.3, -0.25) is 14.9 Å². The monoisotopic (exact) mass is 288 g/mol. The molecule has 2 rings (SSSR count). The number of para-hydroxylation sites is 1. The third-order valence-electron chi connectivity index (χ3n) is 3.02. The van der Waals surface area contributed by atoms with Gasteiger partial charge in [0, 0.05) is 23.9 Å². The maximum atomic E-state index is 13.3. The molecule has 108 valence electrons. The Bertz CT molecular complexity index is 674. The van der Waals surface area contributed by atoms with Crippen LogP contribution in [0.4, 0.5) is 15.8 Å². The molecule has 6 heteroatoms. The first-order valence-corrected chi connectivity index (χ1v) is 6.35. The van der Waals surface area contributed by atoms with E-state index in [1.807, 2.05) is 6.07 Å². The summed E-state index contributed by atoms with van der Waals surface area (Å²) in [5.74, 6) is -1.37. The van der Waals surface area contributed by atoms with Gasteiger partial charge >= 0.3 is 5.69 Å². The topological polar surface area (TPSA) is 63.5 Å². The van der Waals surface area contributed by atoms with Gasteiger partial charge in [0.1, 0.15) is 0 Å². The third kappa shape index (κ3) is 3.05. The molecule has 1 amide bonds. The molecule has 2 aromatic carbocycles. The minimum atomic E-state index is -0.959. The van der Waals surface area contributed by atoms with Crippen molar-refractivity contribution in [1.29, 1.82) is 0 Å². The number of nitro benzene ring substituents is 1. The normalized spacial score (nSPS) is 10.2. The first-order valence-electron chi connectivity index (χ1n) is 6.35. The molecule has 2 aromatic rings. The molecule has 0 bridgehead atoms. The fourth-order valence-electron chi connectivity index (χ4n) is 1.99. The number of carbonyl (C=O) groups is 1. The lowest BCUT2D eigenvalue weighted by molar-refractivity contribution is -0.387. The molecular formula is C15H13FN2O3. The highest BCUT2D eigenvalue weighted by molar-refractivity contribution is 6.06. The van der Waals surface area contributed by atoms with E-state index in [9.17, 15) is 19.3 Å².